The summed E-state index contributed by atoms with van der Waals surface area (Å²) in [7, 11) is 0. The molecule has 0 amide bonds. The van der Waals surface area contributed by atoms with Gasteiger partial charge in [0.2, 0.25) is 0 Å². The Bertz CT molecular complexity index is 1250. The zero-order valence-electron chi connectivity index (χ0n) is 22.2. The summed E-state index contributed by atoms with van der Waals surface area (Å²) in [5, 5.41) is 21.3. The zero-order valence-corrected chi connectivity index (χ0v) is 23.8. The number of aliphatic hydroxyl groups excluding tert-OH is 2. The van der Waals surface area contributed by atoms with Crippen LogP contribution in [0, 0.1) is 0 Å². The SMILES string of the molecule is CC(CSCC(O)COc1ccccc1-c1ccccc1)SCC(O)COc1ccccc1-c1ccccc1. The summed E-state index contributed by atoms with van der Waals surface area (Å²) in [6.07, 6.45) is -1.12. The van der Waals surface area contributed by atoms with Crippen LogP contribution in [-0.2, 0) is 0 Å². The maximum absolute atomic E-state index is 10.5. The Kier molecular flexibility index (Phi) is 11.7. The lowest BCUT2D eigenvalue weighted by Crippen LogP contribution is -2.23. The van der Waals surface area contributed by atoms with Crippen LogP contribution in [0.3, 0.4) is 0 Å². The molecule has 0 radical (unpaired) electrons. The summed E-state index contributed by atoms with van der Waals surface area (Å²) >= 11 is 3.42. The van der Waals surface area contributed by atoms with Crippen molar-refractivity contribution in [3.05, 3.63) is 109 Å². The minimum Gasteiger partial charge on any atom is -0.490 e. The number of benzene rings is 4. The average molecular weight is 561 g/mol. The van der Waals surface area contributed by atoms with Crippen LogP contribution in [0.4, 0.5) is 0 Å². The van der Waals surface area contributed by atoms with Gasteiger partial charge in [-0.2, -0.15) is 23.5 Å². The van der Waals surface area contributed by atoms with Crippen molar-refractivity contribution < 1.29 is 19.7 Å². The molecule has 0 aromatic heterocycles. The number of ether oxygens (including phenoxy) is 2. The lowest BCUT2D eigenvalue weighted by molar-refractivity contribution is 0.126. The van der Waals surface area contributed by atoms with Crippen LogP contribution < -0.4 is 9.47 Å². The van der Waals surface area contributed by atoms with Crippen LogP contribution in [-0.4, -0.2) is 58.1 Å². The first-order chi connectivity index (χ1) is 19.1. The molecule has 4 nitrogen and oxygen atoms in total. The molecule has 4 aromatic carbocycles. The van der Waals surface area contributed by atoms with Gasteiger partial charge in [0.1, 0.15) is 24.7 Å². The first kappa shape index (κ1) is 29.1. The number of aliphatic hydroxyl groups is 2. The van der Waals surface area contributed by atoms with Crippen LogP contribution in [0.15, 0.2) is 109 Å². The highest BCUT2D eigenvalue weighted by Gasteiger charge is 2.14. The fourth-order valence-corrected chi connectivity index (χ4v) is 6.22. The Balaban J connectivity index is 1.13. The number of thioether (sulfide) groups is 2. The van der Waals surface area contributed by atoms with Crippen LogP contribution >= 0.6 is 23.5 Å². The third kappa shape index (κ3) is 9.36. The van der Waals surface area contributed by atoms with E-state index in [0.29, 0.717) is 16.8 Å². The molecule has 3 atom stereocenters. The van der Waals surface area contributed by atoms with Crippen LogP contribution in [0.5, 0.6) is 11.5 Å². The second-order valence-corrected chi connectivity index (χ2v) is 11.9. The number of hydrogen-bond acceptors (Lipinski definition) is 6. The number of hydrogen-bond donors (Lipinski definition) is 2. The van der Waals surface area contributed by atoms with Crippen molar-refractivity contribution in [3.63, 3.8) is 0 Å². The second kappa shape index (κ2) is 15.6. The van der Waals surface area contributed by atoms with Gasteiger partial charge in [-0.15, -0.1) is 0 Å². The highest BCUT2D eigenvalue weighted by Crippen LogP contribution is 2.31. The van der Waals surface area contributed by atoms with E-state index >= 15 is 0 Å². The smallest absolute Gasteiger partial charge is 0.127 e. The molecule has 0 saturated heterocycles. The maximum Gasteiger partial charge on any atom is 0.127 e. The van der Waals surface area contributed by atoms with Crippen molar-refractivity contribution in [3.8, 4) is 33.8 Å². The lowest BCUT2D eigenvalue weighted by Gasteiger charge is -2.18. The molecule has 0 heterocycles. The van der Waals surface area contributed by atoms with E-state index in [9.17, 15) is 10.2 Å². The Hall–Kier alpha value is -2.90. The van der Waals surface area contributed by atoms with E-state index < -0.39 is 12.2 Å². The highest BCUT2D eigenvalue weighted by molar-refractivity contribution is 8.03. The van der Waals surface area contributed by atoms with Gasteiger partial charge in [0.15, 0.2) is 0 Å². The van der Waals surface area contributed by atoms with Crippen LogP contribution in [0.1, 0.15) is 6.92 Å². The molecule has 0 aliphatic heterocycles. The van der Waals surface area contributed by atoms with Crippen molar-refractivity contribution >= 4 is 23.5 Å². The lowest BCUT2D eigenvalue weighted by atomic mass is 10.1. The minimum atomic E-state index is -0.560. The molecule has 0 saturated carbocycles. The molecular weight excluding hydrogens is 524 g/mol. The van der Waals surface area contributed by atoms with E-state index in [0.717, 1.165) is 39.5 Å². The molecule has 0 spiro atoms. The first-order valence-electron chi connectivity index (χ1n) is 13.2. The first-order valence-corrected chi connectivity index (χ1v) is 15.4. The van der Waals surface area contributed by atoms with Gasteiger partial charge in [0, 0.05) is 33.6 Å². The summed E-state index contributed by atoms with van der Waals surface area (Å²) in [4.78, 5) is 0. The summed E-state index contributed by atoms with van der Waals surface area (Å²) < 4.78 is 12.0. The normalized spacial score (nSPS) is 13.4. The molecule has 3 unspecified atom stereocenters. The molecule has 0 bridgehead atoms. The molecule has 2 N–H and O–H groups in total. The van der Waals surface area contributed by atoms with Gasteiger partial charge in [-0.05, 0) is 23.3 Å². The van der Waals surface area contributed by atoms with Gasteiger partial charge < -0.3 is 19.7 Å². The molecule has 0 aliphatic rings. The maximum atomic E-state index is 10.5. The molecule has 0 aliphatic carbocycles. The van der Waals surface area contributed by atoms with Gasteiger partial charge in [-0.25, -0.2) is 0 Å². The van der Waals surface area contributed by atoms with Crippen molar-refractivity contribution in [2.45, 2.75) is 24.4 Å². The number of rotatable bonds is 15. The summed E-state index contributed by atoms with van der Waals surface area (Å²) in [5.41, 5.74) is 4.23. The summed E-state index contributed by atoms with van der Waals surface area (Å²) in [5.74, 6) is 3.63. The molecule has 204 valence electrons. The highest BCUT2D eigenvalue weighted by atomic mass is 32.2. The fourth-order valence-electron chi connectivity index (χ4n) is 4.06. The molecule has 6 heteroatoms. The molecule has 4 rings (SSSR count). The Morgan fingerprint density at radius 1 is 0.564 bits per heavy atom. The van der Waals surface area contributed by atoms with E-state index in [-0.39, 0.29) is 13.2 Å². The van der Waals surface area contributed by atoms with E-state index in [1.54, 1.807) is 23.5 Å². The summed E-state index contributed by atoms with van der Waals surface area (Å²) in [6.45, 7) is 2.64. The van der Waals surface area contributed by atoms with E-state index in [4.69, 9.17) is 9.47 Å². The Morgan fingerprint density at radius 2 is 1.00 bits per heavy atom. The van der Waals surface area contributed by atoms with Crippen LogP contribution in [0.25, 0.3) is 22.3 Å². The van der Waals surface area contributed by atoms with Gasteiger partial charge >= 0.3 is 0 Å². The number of para-hydroxylation sites is 2. The van der Waals surface area contributed by atoms with Gasteiger partial charge in [0.05, 0.1) is 12.2 Å². The van der Waals surface area contributed by atoms with E-state index in [1.807, 2.05) is 84.9 Å². The quantitative estimate of drug-likeness (QED) is 0.162. The second-order valence-electron chi connectivity index (χ2n) is 9.34. The van der Waals surface area contributed by atoms with Crippen molar-refractivity contribution in [1.29, 1.82) is 0 Å². The third-order valence-electron chi connectivity index (χ3n) is 6.04. The molecular formula is C33H36O4S2. The predicted octanol–water partition coefficient (Wildman–Crippen LogP) is 7.06. The molecule has 0 fully saturated rings. The largest absolute Gasteiger partial charge is 0.490 e. The Morgan fingerprint density at radius 3 is 1.51 bits per heavy atom. The summed E-state index contributed by atoms with van der Waals surface area (Å²) in [6, 6.07) is 36.1. The van der Waals surface area contributed by atoms with E-state index in [1.165, 1.54) is 0 Å². The van der Waals surface area contributed by atoms with Crippen molar-refractivity contribution in [2.75, 3.05) is 30.5 Å². The Labute approximate surface area is 240 Å². The topological polar surface area (TPSA) is 58.9 Å². The predicted molar refractivity (Wildman–Crippen MR) is 166 cm³/mol. The van der Waals surface area contributed by atoms with Gasteiger partial charge in [-0.3, -0.25) is 0 Å². The van der Waals surface area contributed by atoms with E-state index in [2.05, 4.69) is 31.2 Å². The standard InChI is InChI=1S/C33H36O4S2/c1-25(39-24-29(35)21-37-33-19-11-9-17-31(33)27-14-6-3-7-15-27)22-38-23-28(34)20-36-32-18-10-8-16-30(32)26-12-4-2-5-13-26/h2-19,25,28-29,34-35H,20-24H2,1H3. The average Bonchev–Trinajstić information content (AvgIpc) is 2.99. The minimum absolute atomic E-state index is 0.247. The fraction of sp³-hybridized carbons (Fsp3) is 0.273. The monoisotopic (exact) mass is 560 g/mol. The van der Waals surface area contributed by atoms with Gasteiger partial charge in [-0.1, -0.05) is 104 Å². The van der Waals surface area contributed by atoms with Gasteiger partial charge in [0.25, 0.3) is 0 Å². The molecule has 39 heavy (non-hydrogen) atoms. The third-order valence-corrected chi connectivity index (χ3v) is 8.92. The zero-order chi connectivity index (χ0) is 27.3. The van der Waals surface area contributed by atoms with Crippen molar-refractivity contribution in [1.82, 2.24) is 0 Å². The van der Waals surface area contributed by atoms with Crippen molar-refractivity contribution in [2.24, 2.45) is 0 Å². The molecule has 4 aromatic rings. The van der Waals surface area contributed by atoms with Crippen LogP contribution in [0.2, 0.25) is 0 Å².